The van der Waals surface area contributed by atoms with Gasteiger partial charge in [-0.3, -0.25) is 9.35 Å². The zero-order chi connectivity index (χ0) is 28.3. The maximum Gasteiger partial charge on any atom is 1.00 e. The Kier molecular flexibility index (Phi) is 10.6. The largest absolute Gasteiger partial charge is 1.00 e. The van der Waals surface area contributed by atoms with Gasteiger partial charge in [0.1, 0.15) is 10.6 Å². The Balaban J connectivity index is 0.00000441. The molecule has 0 heterocycles. The summed E-state index contributed by atoms with van der Waals surface area (Å²) in [6.07, 6.45) is 0.247. The first kappa shape index (κ1) is 31.8. The average Bonchev–Trinajstić information content (AvgIpc) is 2.88. The minimum absolute atomic E-state index is 0. The summed E-state index contributed by atoms with van der Waals surface area (Å²) < 4.78 is 39.0. The predicted octanol–water partition coefficient (Wildman–Crippen LogP) is 4.10. The molecular weight excluding hydrogens is 588 g/mol. The van der Waals surface area contributed by atoms with Crippen LogP contribution in [-0.4, -0.2) is 25.5 Å². The number of ether oxygens (including phenoxy) is 1. The number of carbonyl (C=O) groups is 1. The predicted molar refractivity (Wildman–Crippen MR) is 149 cm³/mol. The summed E-state index contributed by atoms with van der Waals surface area (Å²) in [4.78, 5) is 12.8. The van der Waals surface area contributed by atoms with Gasteiger partial charge in [-0.25, -0.2) is 0 Å². The molecule has 0 unspecified atom stereocenters. The second-order valence-electron chi connectivity index (χ2n) is 8.28. The van der Waals surface area contributed by atoms with Gasteiger partial charge in [0, 0.05) is 27.1 Å². The zero-order valence-electron chi connectivity index (χ0n) is 21.7. The fraction of sp³-hybridized carbons (Fsp3) is 0.148. The van der Waals surface area contributed by atoms with Crippen molar-refractivity contribution in [3.63, 3.8) is 0 Å². The summed E-state index contributed by atoms with van der Waals surface area (Å²) in [5, 5.41) is 25.7. The number of nitrogens with zero attached hydrogens (tertiary/aromatic N) is 2. The van der Waals surface area contributed by atoms with Gasteiger partial charge in [-0.05, 0) is 54.6 Å². The van der Waals surface area contributed by atoms with Crippen LogP contribution >= 0.6 is 23.2 Å². The van der Waals surface area contributed by atoms with Gasteiger partial charge in [0.05, 0.1) is 23.7 Å². The first-order valence-corrected chi connectivity index (χ1v) is 13.9. The standard InChI is InChI=1S/C27H23Cl2N3O6S.Na/c1-3-18-21(29)13-17(14-24(18)39(35,36)37)31-32-25-19-8-6-5-7-15(19)11-20(26(25)33)27(34)30-22-10-9-16(28)12-23(22)38-4-2;/h5-14,33H,3-4H2,1-2H3,(H,30,34)(H,35,36,37);/q;+1/p-1. The van der Waals surface area contributed by atoms with Crippen molar-refractivity contribution >= 4 is 67.1 Å². The normalized spacial score (nSPS) is 11.4. The SMILES string of the molecule is CCOc1cc(Cl)ccc1NC(=O)c1cc2ccccc2c(N=Nc2cc(Cl)c(CC)c(S(=O)(=O)O)c2)c1[O-].[Na+]. The molecule has 13 heteroatoms. The monoisotopic (exact) mass is 609 g/mol. The molecule has 1 amide bonds. The molecule has 0 saturated carbocycles. The van der Waals surface area contributed by atoms with E-state index in [0.29, 0.717) is 33.8 Å². The van der Waals surface area contributed by atoms with Gasteiger partial charge in [0.15, 0.2) is 0 Å². The Morgan fingerprint density at radius 3 is 2.45 bits per heavy atom. The number of halogens is 2. The minimum Gasteiger partial charge on any atom is -0.870 e. The summed E-state index contributed by atoms with van der Waals surface area (Å²) >= 11 is 12.3. The van der Waals surface area contributed by atoms with Crippen molar-refractivity contribution in [3.8, 4) is 11.5 Å². The molecule has 0 saturated heterocycles. The average molecular weight is 610 g/mol. The summed E-state index contributed by atoms with van der Waals surface area (Å²) in [5.41, 5.74) is 0.206. The van der Waals surface area contributed by atoms with Crippen molar-refractivity contribution in [2.75, 3.05) is 11.9 Å². The molecular formula is C27H22Cl2N3NaO6S. The number of anilines is 1. The van der Waals surface area contributed by atoms with Crippen LogP contribution in [0, 0.1) is 0 Å². The number of benzene rings is 4. The van der Waals surface area contributed by atoms with Gasteiger partial charge >= 0.3 is 29.6 Å². The van der Waals surface area contributed by atoms with Crippen molar-refractivity contribution in [1.82, 2.24) is 0 Å². The molecule has 0 aliphatic carbocycles. The van der Waals surface area contributed by atoms with Crippen LogP contribution in [0.15, 0.2) is 75.8 Å². The number of hydrogen-bond donors (Lipinski definition) is 2. The van der Waals surface area contributed by atoms with E-state index >= 15 is 0 Å². The van der Waals surface area contributed by atoms with E-state index in [1.807, 2.05) is 0 Å². The maximum absolute atomic E-state index is 13.5. The summed E-state index contributed by atoms with van der Waals surface area (Å²) in [6.45, 7) is 3.80. The quantitative estimate of drug-likeness (QED) is 0.175. The van der Waals surface area contributed by atoms with E-state index in [0.717, 1.165) is 6.07 Å². The Morgan fingerprint density at radius 2 is 1.77 bits per heavy atom. The zero-order valence-corrected chi connectivity index (χ0v) is 26.1. The maximum atomic E-state index is 13.5. The third-order valence-corrected chi connectivity index (χ3v) is 7.24. The summed E-state index contributed by atoms with van der Waals surface area (Å²) in [6, 6.07) is 15.4. The molecule has 0 atom stereocenters. The third kappa shape index (κ3) is 6.95. The van der Waals surface area contributed by atoms with Gasteiger partial charge in [0.2, 0.25) is 0 Å². The molecule has 0 aromatic heterocycles. The van der Waals surface area contributed by atoms with Gasteiger partial charge in [-0.2, -0.15) is 18.6 Å². The number of amides is 1. The molecule has 9 nitrogen and oxygen atoms in total. The number of fused-ring (bicyclic) bond motifs is 1. The molecule has 0 bridgehead atoms. The van der Waals surface area contributed by atoms with E-state index in [-0.39, 0.29) is 63.5 Å². The van der Waals surface area contributed by atoms with Gasteiger partial charge in [-0.1, -0.05) is 60.1 Å². The van der Waals surface area contributed by atoms with Gasteiger partial charge in [0.25, 0.3) is 16.0 Å². The second kappa shape index (κ2) is 13.3. The number of nitrogens with one attached hydrogen (secondary N) is 1. The topological polar surface area (TPSA) is 140 Å². The Bertz CT molecular complexity index is 1730. The first-order chi connectivity index (χ1) is 18.5. The van der Waals surface area contributed by atoms with Crippen molar-refractivity contribution in [2.45, 2.75) is 25.2 Å². The number of carbonyl (C=O) groups excluding carboxylic acids is 1. The molecule has 202 valence electrons. The van der Waals surface area contributed by atoms with Crippen LogP contribution in [0.5, 0.6) is 11.5 Å². The van der Waals surface area contributed by atoms with Gasteiger partial charge in [-0.15, -0.1) is 0 Å². The van der Waals surface area contributed by atoms with Crippen LogP contribution in [0.4, 0.5) is 17.1 Å². The van der Waals surface area contributed by atoms with E-state index in [4.69, 9.17) is 27.9 Å². The minimum atomic E-state index is -4.59. The molecule has 4 aromatic rings. The van der Waals surface area contributed by atoms with Crippen LogP contribution < -0.4 is 44.7 Å². The Morgan fingerprint density at radius 1 is 1.05 bits per heavy atom. The first-order valence-electron chi connectivity index (χ1n) is 11.7. The summed E-state index contributed by atoms with van der Waals surface area (Å²) in [7, 11) is -4.59. The molecule has 0 spiro atoms. The summed E-state index contributed by atoms with van der Waals surface area (Å²) in [5.74, 6) is -1.06. The number of rotatable bonds is 8. The van der Waals surface area contributed by atoms with Crippen LogP contribution in [0.3, 0.4) is 0 Å². The Hall–Kier alpha value is -2.70. The fourth-order valence-electron chi connectivity index (χ4n) is 3.98. The van der Waals surface area contributed by atoms with Crippen molar-refractivity contribution in [1.29, 1.82) is 0 Å². The van der Waals surface area contributed by atoms with Crippen molar-refractivity contribution in [3.05, 3.63) is 81.8 Å². The van der Waals surface area contributed by atoms with Crippen molar-refractivity contribution in [2.24, 2.45) is 10.2 Å². The van der Waals surface area contributed by atoms with Crippen LogP contribution in [0.1, 0.15) is 29.8 Å². The third-order valence-electron chi connectivity index (χ3n) is 5.75. The van der Waals surface area contributed by atoms with Crippen LogP contribution in [-0.2, 0) is 16.5 Å². The molecule has 0 radical (unpaired) electrons. The van der Waals surface area contributed by atoms with Gasteiger partial charge < -0.3 is 15.2 Å². The van der Waals surface area contributed by atoms with E-state index in [1.165, 1.54) is 12.1 Å². The smallest absolute Gasteiger partial charge is 0.870 e. The van der Waals surface area contributed by atoms with Crippen molar-refractivity contribution < 1.29 is 57.2 Å². The molecule has 4 rings (SSSR count). The van der Waals surface area contributed by atoms with E-state index in [1.54, 1.807) is 56.3 Å². The number of hydrogen-bond acceptors (Lipinski definition) is 7. The molecule has 0 fully saturated rings. The van der Waals surface area contributed by atoms with Crippen LogP contribution in [0.25, 0.3) is 10.8 Å². The molecule has 4 aromatic carbocycles. The molecule has 40 heavy (non-hydrogen) atoms. The van der Waals surface area contributed by atoms with E-state index in [9.17, 15) is 22.9 Å². The molecule has 0 aliphatic rings. The van der Waals surface area contributed by atoms with E-state index < -0.39 is 26.7 Å². The van der Waals surface area contributed by atoms with Crippen LogP contribution in [0.2, 0.25) is 10.0 Å². The Labute approximate surface area is 263 Å². The van der Waals surface area contributed by atoms with E-state index in [2.05, 4.69) is 15.5 Å². The second-order valence-corrected chi connectivity index (χ2v) is 10.5. The number of azo groups is 1. The molecule has 0 aliphatic heterocycles. The molecule has 2 N–H and O–H groups in total. The fourth-order valence-corrected chi connectivity index (χ4v) is 5.38.